The molecule has 0 spiro atoms. The number of anilines is 1. The van der Waals surface area contributed by atoms with E-state index in [1.807, 2.05) is 24.3 Å². The van der Waals surface area contributed by atoms with Crippen molar-refractivity contribution in [2.45, 2.75) is 0 Å². The summed E-state index contributed by atoms with van der Waals surface area (Å²) < 4.78 is 33.4. The van der Waals surface area contributed by atoms with Gasteiger partial charge >= 0.3 is 5.97 Å². The first-order valence-corrected chi connectivity index (χ1v) is 10.3. The summed E-state index contributed by atoms with van der Waals surface area (Å²) in [5.41, 5.74) is 1.53. The highest BCUT2D eigenvalue weighted by molar-refractivity contribution is 9.10. The van der Waals surface area contributed by atoms with E-state index in [0.717, 1.165) is 22.2 Å². The molecule has 3 aromatic carbocycles. The number of nitrogens with one attached hydrogen (secondary N) is 1. The van der Waals surface area contributed by atoms with Gasteiger partial charge < -0.3 is 10.1 Å². The largest absolute Gasteiger partial charge is 0.452 e. The van der Waals surface area contributed by atoms with Crippen LogP contribution in [0.5, 0.6) is 0 Å². The van der Waals surface area contributed by atoms with Crippen LogP contribution in [0.15, 0.2) is 77.3 Å². The Morgan fingerprint density at radius 2 is 1.66 bits per heavy atom. The fourth-order valence-electron chi connectivity index (χ4n) is 3.14. The van der Waals surface area contributed by atoms with Crippen molar-refractivity contribution in [2.24, 2.45) is 0 Å². The molecular formula is C24H15BrF2N2O3. The Bertz CT molecular complexity index is 1320. The Hall–Kier alpha value is -3.65. The van der Waals surface area contributed by atoms with Crippen LogP contribution < -0.4 is 5.32 Å². The van der Waals surface area contributed by atoms with Crippen molar-refractivity contribution >= 4 is 44.4 Å². The number of benzene rings is 3. The van der Waals surface area contributed by atoms with Gasteiger partial charge in [-0.3, -0.25) is 4.79 Å². The topological polar surface area (TPSA) is 68.3 Å². The normalized spacial score (nSPS) is 10.7. The summed E-state index contributed by atoms with van der Waals surface area (Å²) in [7, 11) is 0. The van der Waals surface area contributed by atoms with Crippen molar-refractivity contribution in [2.75, 3.05) is 11.9 Å². The minimum Gasteiger partial charge on any atom is -0.452 e. The van der Waals surface area contributed by atoms with Crippen LogP contribution in [0.25, 0.3) is 22.2 Å². The summed E-state index contributed by atoms with van der Waals surface area (Å²) in [4.78, 5) is 29.5. The van der Waals surface area contributed by atoms with Crippen LogP contribution in [0, 0.1) is 11.6 Å². The second kappa shape index (κ2) is 9.23. The molecule has 32 heavy (non-hydrogen) atoms. The maximum absolute atomic E-state index is 13.7. The molecular weight excluding hydrogens is 482 g/mol. The second-order valence-corrected chi connectivity index (χ2v) is 7.72. The minimum absolute atomic E-state index is 0.218. The first-order valence-electron chi connectivity index (χ1n) is 9.49. The third-order valence-electron chi connectivity index (χ3n) is 4.62. The van der Waals surface area contributed by atoms with Gasteiger partial charge in [0.2, 0.25) is 0 Å². The molecule has 0 aliphatic carbocycles. The van der Waals surface area contributed by atoms with Gasteiger partial charge in [-0.25, -0.2) is 18.6 Å². The van der Waals surface area contributed by atoms with Gasteiger partial charge in [0, 0.05) is 15.4 Å². The number of para-hydroxylation sites is 2. The van der Waals surface area contributed by atoms with Crippen molar-refractivity contribution in [3.63, 3.8) is 0 Å². The van der Waals surface area contributed by atoms with E-state index >= 15 is 0 Å². The van der Waals surface area contributed by atoms with Crippen LogP contribution in [-0.2, 0) is 9.53 Å². The number of hydrogen-bond donors (Lipinski definition) is 1. The van der Waals surface area contributed by atoms with Crippen LogP contribution in [0.2, 0.25) is 0 Å². The van der Waals surface area contributed by atoms with Crippen LogP contribution >= 0.6 is 15.9 Å². The molecule has 1 N–H and O–H groups in total. The number of esters is 1. The summed E-state index contributed by atoms with van der Waals surface area (Å²) in [6.45, 7) is -0.713. The molecule has 1 amide bonds. The molecule has 8 heteroatoms. The lowest BCUT2D eigenvalue weighted by molar-refractivity contribution is -0.119. The van der Waals surface area contributed by atoms with E-state index in [-0.39, 0.29) is 5.56 Å². The Kier molecular flexibility index (Phi) is 6.23. The number of fused-ring (bicyclic) bond motifs is 1. The maximum atomic E-state index is 13.7. The molecule has 1 heterocycles. The van der Waals surface area contributed by atoms with Crippen molar-refractivity contribution in [1.82, 2.24) is 4.98 Å². The zero-order valence-electron chi connectivity index (χ0n) is 16.4. The lowest BCUT2D eigenvalue weighted by Crippen LogP contribution is -2.22. The zero-order chi connectivity index (χ0) is 22.7. The third-order valence-corrected chi connectivity index (χ3v) is 5.11. The molecule has 0 saturated heterocycles. The minimum atomic E-state index is -0.927. The highest BCUT2D eigenvalue weighted by Gasteiger charge is 2.18. The van der Waals surface area contributed by atoms with E-state index in [1.54, 1.807) is 30.3 Å². The zero-order valence-corrected chi connectivity index (χ0v) is 18.0. The molecule has 0 radical (unpaired) electrons. The molecule has 0 fully saturated rings. The van der Waals surface area contributed by atoms with Gasteiger partial charge in [-0.1, -0.05) is 52.3 Å². The number of carbonyl (C=O) groups excluding carboxylic acids is 2. The third kappa shape index (κ3) is 4.65. The summed E-state index contributed by atoms with van der Waals surface area (Å²) in [5.74, 6) is -3.48. The quantitative estimate of drug-likeness (QED) is 0.358. The van der Waals surface area contributed by atoms with Gasteiger partial charge in [0.05, 0.1) is 16.8 Å². The number of aromatic nitrogens is 1. The van der Waals surface area contributed by atoms with E-state index in [0.29, 0.717) is 16.6 Å². The van der Waals surface area contributed by atoms with Gasteiger partial charge in [0.15, 0.2) is 6.61 Å². The summed E-state index contributed by atoms with van der Waals surface area (Å²) in [6.07, 6.45) is 0. The summed E-state index contributed by atoms with van der Waals surface area (Å²) >= 11 is 3.42. The van der Waals surface area contributed by atoms with Gasteiger partial charge in [-0.15, -0.1) is 0 Å². The lowest BCUT2D eigenvalue weighted by atomic mass is 10.0. The van der Waals surface area contributed by atoms with E-state index in [4.69, 9.17) is 4.74 Å². The smallest absolute Gasteiger partial charge is 0.339 e. The maximum Gasteiger partial charge on any atom is 0.339 e. The molecule has 5 nitrogen and oxygen atoms in total. The molecule has 0 aliphatic rings. The van der Waals surface area contributed by atoms with Crippen LogP contribution in [0.4, 0.5) is 14.5 Å². The second-order valence-electron chi connectivity index (χ2n) is 6.80. The van der Waals surface area contributed by atoms with Gasteiger partial charge in [0.25, 0.3) is 5.91 Å². The fourth-order valence-corrected chi connectivity index (χ4v) is 3.54. The highest BCUT2D eigenvalue weighted by atomic mass is 79.9. The van der Waals surface area contributed by atoms with Crippen molar-refractivity contribution < 1.29 is 23.1 Å². The van der Waals surface area contributed by atoms with Crippen molar-refractivity contribution in [1.29, 1.82) is 0 Å². The molecule has 4 aromatic rings. The number of halogens is 3. The van der Waals surface area contributed by atoms with E-state index in [9.17, 15) is 18.4 Å². The van der Waals surface area contributed by atoms with Crippen molar-refractivity contribution in [3.05, 3.63) is 94.5 Å². The van der Waals surface area contributed by atoms with Gasteiger partial charge in [-0.05, 0) is 36.4 Å². The number of nitrogens with zero attached hydrogens (tertiary/aromatic N) is 1. The highest BCUT2D eigenvalue weighted by Crippen LogP contribution is 2.27. The number of pyridine rings is 1. The Morgan fingerprint density at radius 1 is 0.938 bits per heavy atom. The molecule has 4 rings (SSSR count). The van der Waals surface area contributed by atoms with Crippen molar-refractivity contribution in [3.8, 4) is 11.3 Å². The molecule has 0 atom stereocenters. The first-order chi connectivity index (χ1) is 15.4. The fraction of sp³-hybridized carbons (Fsp3) is 0.0417. The van der Waals surface area contributed by atoms with E-state index < -0.39 is 35.8 Å². The Balaban J connectivity index is 1.58. The average Bonchev–Trinajstić information content (AvgIpc) is 2.79. The van der Waals surface area contributed by atoms with Gasteiger partial charge in [0.1, 0.15) is 17.3 Å². The Morgan fingerprint density at radius 3 is 2.41 bits per heavy atom. The van der Waals surface area contributed by atoms with E-state index in [2.05, 4.69) is 26.2 Å². The lowest BCUT2D eigenvalue weighted by Gasteiger charge is -2.11. The van der Waals surface area contributed by atoms with Crippen LogP contribution in [0.3, 0.4) is 0 Å². The average molecular weight is 497 g/mol. The first kappa shape index (κ1) is 21.6. The predicted molar refractivity (Wildman–Crippen MR) is 120 cm³/mol. The van der Waals surface area contributed by atoms with Crippen LogP contribution in [-0.4, -0.2) is 23.5 Å². The van der Waals surface area contributed by atoms with Gasteiger partial charge in [-0.2, -0.15) is 0 Å². The predicted octanol–water partition coefficient (Wildman–Crippen LogP) is 5.74. The number of ether oxygens (including phenoxy) is 1. The van der Waals surface area contributed by atoms with E-state index in [1.165, 1.54) is 6.07 Å². The summed E-state index contributed by atoms with van der Waals surface area (Å²) in [6, 6.07) is 19.3. The SMILES string of the molecule is O=C(COC(=O)c1cc(-c2cccc(Br)c2)nc2ccccc12)Nc1c(F)cccc1F. The monoisotopic (exact) mass is 496 g/mol. The number of amides is 1. The number of carbonyl (C=O) groups is 2. The molecule has 0 saturated carbocycles. The number of rotatable bonds is 5. The molecule has 0 bridgehead atoms. The Labute approximate surface area is 190 Å². The standard InChI is InChI=1S/C24H15BrF2N2O3/c25-15-6-3-5-14(11-15)21-12-17(16-7-1-2-10-20(16)28-21)24(31)32-13-22(30)29-23-18(26)8-4-9-19(23)27/h1-12H,13H2,(H,29,30). The molecule has 0 unspecified atom stereocenters. The summed E-state index contributed by atoms with van der Waals surface area (Å²) in [5, 5.41) is 2.63. The van der Waals surface area contributed by atoms with Crippen LogP contribution in [0.1, 0.15) is 10.4 Å². The molecule has 1 aromatic heterocycles. The number of hydrogen-bond acceptors (Lipinski definition) is 4. The molecule has 160 valence electrons. The molecule has 0 aliphatic heterocycles.